The van der Waals surface area contributed by atoms with Crippen LogP contribution in [0, 0.1) is 13.8 Å². The smallest absolute Gasteiger partial charge is 0.256 e. The summed E-state index contributed by atoms with van der Waals surface area (Å²) in [5.41, 5.74) is 1.30. The molecule has 0 saturated carbocycles. The zero-order valence-electron chi connectivity index (χ0n) is 18.1. The van der Waals surface area contributed by atoms with Crippen LogP contribution in [0.1, 0.15) is 60.8 Å². The molecule has 1 fully saturated rings. The SMILES string of the molecule is Cc1nc(C(C)(C)O)c(C)o1.O=C(c1ccccc1-n1cccn1)N1CCCCC1. The number of piperidine rings is 1. The number of carbonyl (C=O) groups excluding carboxylic acids is 1. The highest BCUT2D eigenvalue weighted by Gasteiger charge is 2.23. The van der Waals surface area contributed by atoms with Crippen LogP contribution in [0.3, 0.4) is 0 Å². The predicted molar refractivity (Wildman–Crippen MR) is 115 cm³/mol. The average molecular weight is 411 g/mol. The number of rotatable bonds is 3. The highest BCUT2D eigenvalue weighted by molar-refractivity contribution is 5.97. The molecule has 1 amide bonds. The number of benzene rings is 1. The largest absolute Gasteiger partial charge is 0.446 e. The van der Waals surface area contributed by atoms with Crippen molar-refractivity contribution >= 4 is 5.91 Å². The minimum atomic E-state index is -0.901. The van der Waals surface area contributed by atoms with E-state index < -0.39 is 5.60 Å². The van der Waals surface area contributed by atoms with Crippen molar-refractivity contribution in [2.45, 2.75) is 52.6 Å². The van der Waals surface area contributed by atoms with Gasteiger partial charge >= 0.3 is 0 Å². The van der Waals surface area contributed by atoms with Gasteiger partial charge in [-0.25, -0.2) is 9.67 Å². The molecule has 0 radical (unpaired) electrons. The molecule has 2 aromatic heterocycles. The van der Waals surface area contributed by atoms with Gasteiger partial charge in [-0.15, -0.1) is 0 Å². The Hall–Kier alpha value is -2.93. The van der Waals surface area contributed by atoms with Crippen LogP contribution in [0.25, 0.3) is 5.69 Å². The Balaban J connectivity index is 0.000000199. The highest BCUT2D eigenvalue weighted by atomic mass is 16.4. The van der Waals surface area contributed by atoms with Gasteiger partial charge < -0.3 is 14.4 Å². The first-order valence-corrected chi connectivity index (χ1v) is 10.3. The van der Waals surface area contributed by atoms with E-state index in [4.69, 9.17) is 4.42 Å². The summed E-state index contributed by atoms with van der Waals surface area (Å²) in [5, 5.41) is 13.8. The van der Waals surface area contributed by atoms with Gasteiger partial charge in [0.25, 0.3) is 5.91 Å². The molecule has 0 spiro atoms. The van der Waals surface area contributed by atoms with Gasteiger partial charge in [0.2, 0.25) is 0 Å². The van der Waals surface area contributed by atoms with Crippen molar-refractivity contribution < 1.29 is 14.3 Å². The lowest BCUT2D eigenvalue weighted by Gasteiger charge is -2.27. The van der Waals surface area contributed by atoms with Crippen LogP contribution in [0.15, 0.2) is 47.1 Å². The van der Waals surface area contributed by atoms with Gasteiger partial charge in [0.15, 0.2) is 5.89 Å². The van der Waals surface area contributed by atoms with Gasteiger partial charge in [-0.3, -0.25) is 4.79 Å². The van der Waals surface area contributed by atoms with Crippen LogP contribution in [-0.2, 0) is 5.60 Å². The van der Waals surface area contributed by atoms with Gasteiger partial charge in [0.05, 0.1) is 11.3 Å². The van der Waals surface area contributed by atoms with Crippen molar-refractivity contribution in [1.29, 1.82) is 0 Å². The molecule has 1 N–H and O–H groups in total. The van der Waals surface area contributed by atoms with Crippen molar-refractivity contribution in [2.75, 3.05) is 13.1 Å². The summed E-state index contributed by atoms with van der Waals surface area (Å²) in [6.45, 7) is 8.68. The van der Waals surface area contributed by atoms with Crippen molar-refractivity contribution in [3.05, 3.63) is 65.6 Å². The van der Waals surface area contributed by atoms with E-state index in [1.807, 2.05) is 41.4 Å². The quantitative estimate of drug-likeness (QED) is 0.705. The molecule has 160 valence electrons. The van der Waals surface area contributed by atoms with Crippen molar-refractivity contribution in [3.8, 4) is 5.69 Å². The summed E-state index contributed by atoms with van der Waals surface area (Å²) in [4.78, 5) is 18.6. The molecule has 1 aliphatic rings. The molecule has 7 heteroatoms. The first kappa shape index (κ1) is 21.8. The van der Waals surface area contributed by atoms with Crippen LogP contribution in [0.4, 0.5) is 0 Å². The summed E-state index contributed by atoms with van der Waals surface area (Å²) < 4.78 is 6.92. The summed E-state index contributed by atoms with van der Waals surface area (Å²) in [6.07, 6.45) is 7.03. The Morgan fingerprint density at radius 2 is 1.80 bits per heavy atom. The van der Waals surface area contributed by atoms with Crippen molar-refractivity contribution in [3.63, 3.8) is 0 Å². The molecule has 4 rings (SSSR count). The fourth-order valence-corrected chi connectivity index (χ4v) is 3.63. The number of aromatic nitrogens is 3. The number of aryl methyl sites for hydroxylation is 2. The predicted octanol–water partition coefficient (Wildman–Crippen LogP) is 4.02. The topological polar surface area (TPSA) is 84.4 Å². The number of aliphatic hydroxyl groups is 1. The van der Waals surface area contributed by atoms with E-state index >= 15 is 0 Å². The Morgan fingerprint density at radius 3 is 2.33 bits per heavy atom. The molecule has 3 aromatic rings. The Labute approximate surface area is 177 Å². The molecule has 0 atom stereocenters. The Morgan fingerprint density at radius 1 is 1.10 bits per heavy atom. The van der Waals surface area contributed by atoms with E-state index in [9.17, 15) is 9.90 Å². The average Bonchev–Trinajstić information content (AvgIpc) is 3.38. The third kappa shape index (κ3) is 5.16. The van der Waals surface area contributed by atoms with E-state index in [1.54, 1.807) is 38.6 Å². The van der Waals surface area contributed by atoms with Gasteiger partial charge in [-0.1, -0.05) is 12.1 Å². The van der Waals surface area contributed by atoms with Crippen LogP contribution in [0.2, 0.25) is 0 Å². The second-order valence-corrected chi connectivity index (χ2v) is 8.02. The molecular formula is C23H30N4O3. The third-order valence-corrected chi connectivity index (χ3v) is 5.01. The molecule has 0 aliphatic carbocycles. The maximum atomic E-state index is 12.6. The third-order valence-electron chi connectivity index (χ3n) is 5.01. The highest BCUT2D eigenvalue weighted by Crippen LogP contribution is 2.22. The second-order valence-electron chi connectivity index (χ2n) is 8.02. The number of likely N-dealkylation sites (tertiary alicyclic amines) is 1. The summed E-state index contributed by atoms with van der Waals surface area (Å²) in [7, 11) is 0. The first-order valence-electron chi connectivity index (χ1n) is 10.3. The minimum absolute atomic E-state index is 0.116. The van der Waals surface area contributed by atoms with E-state index in [-0.39, 0.29) is 5.91 Å². The zero-order chi connectivity index (χ0) is 21.7. The van der Waals surface area contributed by atoms with Crippen molar-refractivity contribution in [2.24, 2.45) is 0 Å². The van der Waals surface area contributed by atoms with E-state index in [1.165, 1.54) is 6.42 Å². The summed E-state index contributed by atoms with van der Waals surface area (Å²) in [6, 6.07) is 9.52. The van der Waals surface area contributed by atoms with Crippen LogP contribution >= 0.6 is 0 Å². The maximum Gasteiger partial charge on any atom is 0.256 e. The molecule has 1 aliphatic heterocycles. The molecule has 0 bridgehead atoms. The second kappa shape index (κ2) is 9.26. The van der Waals surface area contributed by atoms with Gasteiger partial charge in [-0.05, 0) is 58.2 Å². The number of nitrogens with zero attached hydrogens (tertiary/aromatic N) is 4. The number of amides is 1. The normalized spacial score (nSPS) is 14.2. The number of oxazole rings is 1. The van der Waals surface area contributed by atoms with Crippen LogP contribution < -0.4 is 0 Å². The fraction of sp³-hybridized carbons (Fsp3) is 0.435. The van der Waals surface area contributed by atoms with Gasteiger partial charge in [0, 0.05) is 32.4 Å². The zero-order valence-corrected chi connectivity index (χ0v) is 18.1. The van der Waals surface area contributed by atoms with Crippen molar-refractivity contribution in [1.82, 2.24) is 19.7 Å². The van der Waals surface area contributed by atoms with Gasteiger partial charge in [0.1, 0.15) is 17.1 Å². The molecule has 1 aromatic carbocycles. The maximum absolute atomic E-state index is 12.6. The minimum Gasteiger partial charge on any atom is -0.446 e. The molecular weight excluding hydrogens is 380 g/mol. The van der Waals surface area contributed by atoms with E-state index in [2.05, 4.69) is 10.1 Å². The van der Waals surface area contributed by atoms with Gasteiger partial charge in [-0.2, -0.15) is 5.10 Å². The lowest BCUT2D eigenvalue weighted by Crippen LogP contribution is -2.36. The Kier molecular flexibility index (Phi) is 6.72. The molecule has 0 unspecified atom stereocenters. The lowest BCUT2D eigenvalue weighted by molar-refractivity contribution is 0.0719. The van der Waals surface area contributed by atoms with Crippen LogP contribution in [-0.4, -0.2) is 43.8 Å². The van der Waals surface area contributed by atoms with E-state index in [0.29, 0.717) is 17.3 Å². The summed E-state index contributed by atoms with van der Waals surface area (Å²) >= 11 is 0. The standard InChI is InChI=1S/C15H17N3O.C8H13NO2/c19-15(17-10-4-1-5-11-17)13-7-2-3-8-14(13)18-12-6-9-16-18;1-5-7(8(3,4)10)9-6(2)11-5/h2-3,6-9,12H,1,4-5,10-11H2;10H,1-4H3. The molecule has 7 nitrogen and oxygen atoms in total. The molecule has 1 saturated heterocycles. The first-order chi connectivity index (χ1) is 14.3. The number of carbonyl (C=O) groups is 1. The number of hydrogen-bond donors (Lipinski definition) is 1. The number of hydrogen-bond acceptors (Lipinski definition) is 5. The monoisotopic (exact) mass is 410 g/mol. The Bertz CT molecular complexity index is 965. The molecule has 30 heavy (non-hydrogen) atoms. The fourth-order valence-electron chi connectivity index (χ4n) is 3.63. The molecule has 3 heterocycles. The lowest BCUT2D eigenvalue weighted by atomic mass is 10.0. The van der Waals surface area contributed by atoms with E-state index in [0.717, 1.165) is 37.2 Å². The van der Waals surface area contributed by atoms with Crippen LogP contribution in [0.5, 0.6) is 0 Å². The summed E-state index contributed by atoms with van der Waals surface area (Å²) in [5.74, 6) is 1.40. The number of para-hydroxylation sites is 1.